The first-order valence-electron chi connectivity index (χ1n) is 6.69. The summed E-state index contributed by atoms with van der Waals surface area (Å²) in [6, 6.07) is 15.3. The Morgan fingerprint density at radius 2 is 1.85 bits per heavy atom. The average Bonchev–Trinajstić information content (AvgIpc) is 2.48. The highest BCUT2D eigenvalue weighted by Crippen LogP contribution is 2.37. The van der Waals surface area contributed by atoms with Crippen molar-refractivity contribution >= 4 is 11.6 Å². The van der Waals surface area contributed by atoms with Crippen molar-refractivity contribution in [2.24, 2.45) is 0 Å². The lowest BCUT2D eigenvalue weighted by Gasteiger charge is -2.29. The largest absolute Gasteiger partial charge is 0.496 e. The van der Waals surface area contributed by atoms with Crippen LogP contribution in [-0.2, 0) is 12.0 Å². The molecular formula is C17H19ClO2. The Kier molecular flexibility index (Phi) is 4.69. The van der Waals surface area contributed by atoms with Gasteiger partial charge in [0.1, 0.15) is 5.75 Å². The summed E-state index contributed by atoms with van der Waals surface area (Å²) in [6.07, 6.45) is 1.11. The molecule has 3 heteroatoms. The number of ether oxygens (including phenoxy) is 1. The lowest BCUT2D eigenvalue weighted by Crippen LogP contribution is -2.28. The Bertz CT molecular complexity index is 568. The van der Waals surface area contributed by atoms with Gasteiger partial charge in [-0.15, -0.1) is 0 Å². The van der Waals surface area contributed by atoms with Crippen LogP contribution >= 0.6 is 11.6 Å². The number of halogens is 1. The molecule has 1 N–H and O–H groups in total. The number of hydrogen-bond acceptors (Lipinski definition) is 2. The molecule has 0 aliphatic carbocycles. The van der Waals surface area contributed by atoms with Gasteiger partial charge in [-0.05, 0) is 30.2 Å². The van der Waals surface area contributed by atoms with Crippen LogP contribution in [0, 0.1) is 0 Å². The molecule has 2 aromatic rings. The van der Waals surface area contributed by atoms with Gasteiger partial charge in [0.2, 0.25) is 0 Å². The van der Waals surface area contributed by atoms with E-state index in [0.29, 0.717) is 23.6 Å². The summed E-state index contributed by atoms with van der Waals surface area (Å²) < 4.78 is 5.37. The highest BCUT2D eigenvalue weighted by Gasteiger charge is 2.31. The SMILES string of the molecule is CCC(O)(Cc1ccccc1)c1cc(Cl)ccc1OC. The maximum atomic E-state index is 11.0. The number of rotatable bonds is 5. The van der Waals surface area contributed by atoms with E-state index in [9.17, 15) is 5.11 Å². The Balaban J connectivity index is 2.42. The fourth-order valence-electron chi connectivity index (χ4n) is 2.39. The summed E-state index contributed by atoms with van der Waals surface area (Å²) in [5, 5.41) is 11.6. The molecule has 1 unspecified atom stereocenters. The van der Waals surface area contributed by atoms with Crippen molar-refractivity contribution in [3.8, 4) is 5.75 Å². The maximum Gasteiger partial charge on any atom is 0.125 e. The topological polar surface area (TPSA) is 29.5 Å². The third kappa shape index (κ3) is 3.14. The molecule has 20 heavy (non-hydrogen) atoms. The van der Waals surface area contributed by atoms with Gasteiger partial charge in [0.15, 0.2) is 0 Å². The molecule has 0 saturated heterocycles. The zero-order valence-corrected chi connectivity index (χ0v) is 12.5. The van der Waals surface area contributed by atoms with Crippen LogP contribution in [0.15, 0.2) is 48.5 Å². The highest BCUT2D eigenvalue weighted by molar-refractivity contribution is 6.30. The number of benzene rings is 2. The molecule has 0 aromatic heterocycles. The Morgan fingerprint density at radius 3 is 2.45 bits per heavy atom. The summed E-state index contributed by atoms with van der Waals surface area (Å²) in [5.41, 5.74) is 0.829. The predicted octanol–water partition coefficient (Wildman–Crippen LogP) is 4.19. The first-order valence-corrected chi connectivity index (χ1v) is 7.07. The van der Waals surface area contributed by atoms with Crippen LogP contribution in [0.4, 0.5) is 0 Å². The second kappa shape index (κ2) is 6.29. The molecule has 0 aliphatic rings. The van der Waals surface area contributed by atoms with Gasteiger partial charge < -0.3 is 9.84 Å². The molecule has 1 atom stereocenters. The fraction of sp³-hybridized carbons (Fsp3) is 0.294. The minimum Gasteiger partial charge on any atom is -0.496 e. The highest BCUT2D eigenvalue weighted by atomic mass is 35.5. The van der Waals surface area contributed by atoms with Crippen molar-refractivity contribution in [3.05, 3.63) is 64.7 Å². The van der Waals surface area contributed by atoms with Crippen LogP contribution < -0.4 is 4.74 Å². The second-order valence-electron chi connectivity index (χ2n) is 4.89. The fourth-order valence-corrected chi connectivity index (χ4v) is 2.56. The molecule has 0 spiro atoms. The van der Waals surface area contributed by atoms with Crippen LogP contribution in [-0.4, -0.2) is 12.2 Å². The quantitative estimate of drug-likeness (QED) is 0.895. The zero-order valence-electron chi connectivity index (χ0n) is 11.8. The van der Waals surface area contributed by atoms with Crippen LogP contribution in [0.3, 0.4) is 0 Å². The Morgan fingerprint density at radius 1 is 1.15 bits per heavy atom. The van der Waals surface area contributed by atoms with E-state index < -0.39 is 5.60 Å². The summed E-state index contributed by atoms with van der Waals surface area (Å²) >= 11 is 6.07. The van der Waals surface area contributed by atoms with E-state index in [-0.39, 0.29) is 0 Å². The lowest BCUT2D eigenvalue weighted by atomic mass is 9.84. The third-order valence-electron chi connectivity index (χ3n) is 3.59. The third-order valence-corrected chi connectivity index (χ3v) is 3.82. The predicted molar refractivity (Wildman–Crippen MR) is 82.3 cm³/mol. The van der Waals surface area contributed by atoms with Gasteiger partial charge in [0.25, 0.3) is 0 Å². The van der Waals surface area contributed by atoms with E-state index in [1.165, 1.54) is 0 Å². The summed E-state index contributed by atoms with van der Waals surface area (Å²) in [6.45, 7) is 1.96. The molecule has 106 valence electrons. The van der Waals surface area contributed by atoms with Crippen LogP contribution in [0.1, 0.15) is 24.5 Å². The summed E-state index contributed by atoms with van der Waals surface area (Å²) in [5.74, 6) is 0.662. The van der Waals surface area contributed by atoms with Crippen molar-refractivity contribution < 1.29 is 9.84 Å². The standard InChI is InChI=1S/C17H19ClO2/c1-3-17(19,12-13-7-5-4-6-8-13)15-11-14(18)9-10-16(15)20-2/h4-11,19H,3,12H2,1-2H3. The van der Waals surface area contributed by atoms with Crippen molar-refractivity contribution in [2.45, 2.75) is 25.4 Å². The van der Waals surface area contributed by atoms with Gasteiger partial charge in [-0.1, -0.05) is 48.9 Å². The number of methoxy groups -OCH3 is 1. The minimum atomic E-state index is -0.988. The molecule has 0 heterocycles. The van der Waals surface area contributed by atoms with E-state index in [0.717, 1.165) is 11.1 Å². The molecule has 0 bridgehead atoms. The first kappa shape index (κ1) is 14.9. The van der Waals surface area contributed by atoms with Gasteiger partial charge in [0.05, 0.1) is 12.7 Å². The van der Waals surface area contributed by atoms with Crippen LogP contribution in [0.2, 0.25) is 5.02 Å². The molecule has 0 amide bonds. The van der Waals surface area contributed by atoms with Gasteiger partial charge in [-0.2, -0.15) is 0 Å². The van der Waals surface area contributed by atoms with E-state index >= 15 is 0 Å². The molecule has 2 nitrogen and oxygen atoms in total. The van der Waals surface area contributed by atoms with Crippen molar-refractivity contribution in [1.29, 1.82) is 0 Å². The molecular weight excluding hydrogens is 272 g/mol. The number of aliphatic hydroxyl groups is 1. The van der Waals surface area contributed by atoms with Gasteiger partial charge >= 0.3 is 0 Å². The van der Waals surface area contributed by atoms with Gasteiger partial charge in [0, 0.05) is 17.0 Å². The van der Waals surface area contributed by atoms with Gasteiger partial charge in [-0.25, -0.2) is 0 Å². The average molecular weight is 291 g/mol. The van der Waals surface area contributed by atoms with E-state index in [2.05, 4.69) is 0 Å². The van der Waals surface area contributed by atoms with Crippen molar-refractivity contribution in [3.63, 3.8) is 0 Å². The number of hydrogen-bond donors (Lipinski definition) is 1. The molecule has 0 saturated carbocycles. The summed E-state index contributed by atoms with van der Waals surface area (Å²) in [4.78, 5) is 0. The molecule has 2 aromatic carbocycles. The van der Waals surface area contributed by atoms with Crippen molar-refractivity contribution in [1.82, 2.24) is 0 Å². The monoisotopic (exact) mass is 290 g/mol. The molecule has 0 radical (unpaired) electrons. The van der Waals surface area contributed by atoms with Crippen LogP contribution in [0.25, 0.3) is 0 Å². The first-order chi connectivity index (χ1) is 9.59. The van der Waals surface area contributed by atoms with Gasteiger partial charge in [-0.3, -0.25) is 0 Å². The minimum absolute atomic E-state index is 0.529. The molecule has 0 aliphatic heterocycles. The Hall–Kier alpha value is -1.51. The Labute approximate surface area is 125 Å². The van der Waals surface area contributed by atoms with Crippen LogP contribution in [0.5, 0.6) is 5.75 Å². The van der Waals surface area contributed by atoms with Crippen molar-refractivity contribution in [2.75, 3.05) is 7.11 Å². The van der Waals surface area contributed by atoms with E-state index in [4.69, 9.17) is 16.3 Å². The lowest BCUT2D eigenvalue weighted by molar-refractivity contribution is 0.0303. The van der Waals surface area contributed by atoms with E-state index in [1.54, 1.807) is 25.3 Å². The molecule has 2 rings (SSSR count). The normalized spacial score (nSPS) is 13.8. The second-order valence-corrected chi connectivity index (χ2v) is 5.33. The van der Waals surface area contributed by atoms with E-state index in [1.807, 2.05) is 37.3 Å². The molecule has 0 fully saturated rings. The zero-order chi connectivity index (χ0) is 14.6. The summed E-state index contributed by atoms with van der Waals surface area (Å²) in [7, 11) is 1.60. The maximum absolute atomic E-state index is 11.0. The smallest absolute Gasteiger partial charge is 0.125 e.